The smallest absolute Gasteiger partial charge is 0.314 e. The van der Waals surface area contributed by atoms with Crippen LogP contribution in [0.5, 0.6) is 0 Å². The van der Waals surface area contributed by atoms with Gasteiger partial charge in [-0.05, 0) is 67.1 Å². The van der Waals surface area contributed by atoms with E-state index >= 15 is 0 Å². The third-order valence-electron chi connectivity index (χ3n) is 2.93. The van der Waals surface area contributed by atoms with E-state index in [-0.39, 0.29) is 0 Å². The standard InChI is InChI=1S/C12H16ClNO/c1-7-5-8(2)10(4)11(9(7)3)6-14-12(13)15/h5H,6H2,1-4H3,(H,14,15). The predicted molar refractivity (Wildman–Crippen MR) is 63.5 cm³/mol. The summed E-state index contributed by atoms with van der Waals surface area (Å²) in [4.78, 5) is 10.7. The van der Waals surface area contributed by atoms with E-state index in [0.29, 0.717) is 6.54 Å². The second-order valence-electron chi connectivity index (χ2n) is 3.87. The number of amides is 1. The first kappa shape index (κ1) is 12.1. The minimum absolute atomic E-state index is 0.503. The molecule has 0 aliphatic rings. The number of hydrogen-bond acceptors (Lipinski definition) is 1. The lowest BCUT2D eigenvalue weighted by atomic mass is 9.94. The Labute approximate surface area is 95.6 Å². The second kappa shape index (κ2) is 4.67. The van der Waals surface area contributed by atoms with Crippen LogP contribution in [0.3, 0.4) is 0 Å². The van der Waals surface area contributed by atoms with Gasteiger partial charge in [-0.15, -0.1) is 0 Å². The highest BCUT2D eigenvalue weighted by molar-refractivity contribution is 6.62. The van der Waals surface area contributed by atoms with Crippen molar-refractivity contribution in [1.29, 1.82) is 0 Å². The Morgan fingerprint density at radius 3 is 2.07 bits per heavy atom. The maximum absolute atomic E-state index is 10.7. The molecular weight excluding hydrogens is 210 g/mol. The van der Waals surface area contributed by atoms with Crippen LogP contribution in [0, 0.1) is 27.7 Å². The zero-order valence-corrected chi connectivity index (χ0v) is 10.3. The van der Waals surface area contributed by atoms with Gasteiger partial charge < -0.3 is 5.32 Å². The first-order valence-electron chi connectivity index (χ1n) is 4.93. The highest BCUT2D eigenvalue weighted by Crippen LogP contribution is 2.21. The van der Waals surface area contributed by atoms with Crippen LogP contribution in [0.4, 0.5) is 4.79 Å². The van der Waals surface area contributed by atoms with Gasteiger partial charge in [-0.1, -0.05) is 6.07 Å². The molecule has 82 valence electrons. The summed E-state index contributed by atoms with van der Waals surface area (Å²) >= 11 is 5.26. The van der Waals surface area contributed by atoms with Crippen molar-refractivity contribution in [3.05, 3.63) is 33.9 Å². The van der Waals surface area contributed by atoms with Crippen LogP contribution in [-0.2, 0) is 6.54 Å². The molecule has 1 aromatic rings. The fourth-order valence-electron chi connectivity index (χ4n) is 1.72. The molecule has 0 aliphatic carbocycles. The molecule has 0 unspecified atom stereocenters. The molecule has 0 saturated carbocycles. The lowest BCUT2D eigenvalue weighted by Crippen LogP contribution is -2.17. The van der Waals surface area contributed by atoms with E-state index in [1.54, 1.807) is 0 Å². The number of nitrogens with one attached hydrogen (secondary N) is 1. The summed E-state index contributed by atoms with van der Waals surface area (Å²) in [5.41, 5.74) is 6.11. The van der Waals surface area contributed by atoms with Gasteiger partial charge in [-0.3, -0.25) is 4.79 Å². The molecule has 0 bridgehead atoms. The van der Waals surface area contributed by atoms with Gasteiger partial charge in [-0.25, -0.2) is 0 Å². The molecule has 2 nitrogen and oxygen atoms in total. The molecule has 3 heteroatoms. The lowest BCUT2D eigenvalue weighted by molar-refractivity contribution is 0.259. The molecule has 1 amide bonds. The van der Waals surface area contributed by atoms with Crippen LogP contribution in [-0.4, -0.2) is 5.37 Å². The highest BCUT2D eigenvalue weighted by atomic mass is 35.5. The van der Waals surface area contributed by atoms with Crippen LogP contribution in [0.1, 0.15) is 27.8 Å². The number of benzene rings is 1. The van der Waals surface area contributed by atoms with E-state index in [4.69, 9.17) is 11.6 Å². The highest BCUT2D eigenvalue weighted by Gasteiger charge is 2.08. The molecule has 0 aromatic heterocycles. The molecule has 0 heterocycles. The molecule has 1 rings (SSSR count). The van der Waals surface area contributed by atoms with Gasteiger partial charge >= 0.3 is 5.37 Å². The quantitative estimate of drug-likeness (QED) is 0.607. The third-order valence-corrected chi connectivity index (χ3v) is 3.06. The van der Waals surface area contributed by atoms with Gasteiger partial charge in [0.05, 0.1) is 0 Å². The second-order valence-corrected chi connectivity index (χ2v) is 4.21. The summed E-state index contributed by atoms with van der Waals surface area (Å²) in [6, 6.07) is 2.16. The van der Waals surface area contributed by atoms with E-state index in [0.717, 1.165) is 0 Å². The van der Waals surface area contributed by atoms with Crippen LogP contribution < -0.4 is 5.32 Å². The Balaban J connectivity index is 3.09. The number of rotatable bonds is 2. The molecule has 15 heavy (non-hydrogen) atoms. The van der Waals surface area contributed by atoms with E-state index in [9.17, 15) is 4.79 Å². The minimum Gasteiger partial charge on any atom is -0.338 e. The monoisotopic (exact) mass is 225 g/mol. The van der Waals surface area contributed by atoms with Crippen LogP contribution in [0.25, 0.3) is 0 Å². The van der Waals surface area contributed by atoms with Gasteiger partial charge in [0.15, 0.2) is 0 Å². The largest absolute Gasteiger partial charge is 0.338 e. The zero-order chi connectivity index (χ0) is 11.6. The molecule has 0 radical (unpaired) electrons. The van der Waals surface area contributed by atoms with Crippen molar-refractivity contribution < 1.29 is 4.79 Å². The van der Waals surface area contributed by atoms with Gasteiger partial charge in [-0.2, -0.15) is 0 Å². The first-order chi connectivity index (χ1) is 6.93. The molecule has 0 saturated heterocycles. The van der Waals surface area contributed by atoms with Crippen molar-refractivity contribution in [2.24, 2.45) is 0 Å². The number of halogens is 1. The summed E-state index contributed by atoms with van der Waals surface area (Å²) in [5.74, 6) is 0. The molecule has 0 spiro atoms. The van der Waals surface area contributed by atoms with Gasteiger partial charge in [0.2, 0.25) is 0 Å². The predicted octanol–water partition coefficient (Wildman–Crippen LogP) is 3.37. The Kier molecular flexibility index (Phi) is 3.75. The summed E-state index contributed by atoms with van der Waals surface area (Å²) in [6.45, 7) is 8.79. The average molecular weight is 226 g/mol. The van der Waals surface area contributed by atoms with E-state index in [2.05, 4.69) is 39.1 Å². The normalized spacial score (nSPS) is 10.2. The van der Waals surface area contributed by atoms with Gasteiger partial charge in [0, 0.05) is 6.54 Å². The van der Waals surface area contributed by atoms with Crippen molar-refractivity contribution in [3.63, 3.8) is 0 Å². The van der Waals surface area contributed by atoms with Gasteiger partial charge in [0.25, 0.3) is 0 Å². The molecule has 1 aromatic carbocycles. The minimum atomic E-state index is -0.507. The maximum atomic E-state index is 10.7. The number of carbonyl (C=O) groups is 1. The topological polar surface area (TPSA) is 29.1 Å². The van der Waals surface area contributed by atoms with Crippen molar-refractivity contribution in [2.45, 2.75) is 34.2 Å². The number of aryl methyl sites for hydroxylation is 2. The Morgan fingerprint density at radius 2 is 1.67 bits per heavy atom. The van der Waals surface area contributed by atoms with E-state index < -0.39 is 5.37 Å². The summed E-state index contributed by atoms with van der Waals surface area (Å²) in [5, 5.41) is 2.12. The van der Waals surface area contributed by atoms with Crippen molar-refractivity contribution in [1.82, 2.24) is 5.32 Å². The number of hydrogen-bond donors (Lipinski definition) is 1. The lowest BCUT2D eigenvalue weighted by Gasteiger charge is -2.15. The summed E-state index contributed by atoms with van der Waals surface area (Å²) in [7, 11) is 0. The number of carbonyl (C=O) groups excluding carboxylic acids is 1. The zero-order valence-electron chi connectivity index (χ0n) is 9.57. The van der Waals surface area contributed by atoms with Crippen LogP contribution in [0.2, 0.25) is 0 Å². The Hall–Kier alpha value is -1.02. The van der Waals surface area contributed by atoms with Crippen LogP contribution >= 0.6 is 11.6 Å². The van der Waals surface area contributed by atoms with Crippen molar-refractivity contribution in [3.8, 4) is 0 Å². The first-order valence-corrected chi connectivity index (χ1v) is 5.31. The van der Waals surface area contributed by atoms with E-state index in [1.807, 2.05) is 0 Å². The fourth-order valence-corrected chi connectivity index (χ4v) is 1.79. The Bertz CT molecular complexity index is 373. The molecule has 0 atom stereocenters. The third kappa shape index (κ3) is 2.72. The molecule has 0 fully saturated rings. The van der Waals surface area contributed by atoms with E-state index in [1.165, 1.54) is 27.8 Å². The summed E-state index contributed by atoms with van der Waals surface area (Å²) < 4.78 is 0. The molecule has 1 N–H and O–H groups in total. The SMILES string of the molecule is Cc1cc(C)c(C)c(CNC(=O)Cl)c1C. The van der Waals surface area contributed by atoms with Crippen molar-refractivity contribution >= 4 is 17.0 Å². The Morgan fingerprint density at radius 1 is 1.20 bits per heavy atom. The summed E-state index contributed by atoms with van der Waals surface area (Å²) in [6.07, 6.45) is 0. The van der Waals surface area contributed by atoms with Crippen LogP contribution in [0.15, 0.2) is 6.07 Å². The van der Waals surface area contributed by atoms with Crippen molar-refractivity contribution in [2.75, 3.05) is 0 Å². The van der Waals surface area contributed by atoms with Gasteiger partial charge in [0.1, 0.15) is 0 Å². The fraction of sp³-hybridized carbons (Fsp3) is 0.417. The average Bonchev–Trinajstić information content (AvgIpc) is 2.14. The molecular formula is C12H16ClNO. The molecule has 0 aliphatic heterocycles. The maximum Gasteiger partial charge on any atom is 0.314 e.